The number of nitrogens with zero attached hydrogens (tertiary/aromatic N) is 3. The molecule has 1 aromatic heterocycles. The smallest absolute Gasteiger partial charge is 0.132 e. The van der Waals surface area contributed by atoms with Crippen LogP contribution in [0.15, 0.2) is 12.4 Å². The fourth-order valence-electron chi connectivity index (χ4n) is 3.31. The van der Waals surface area contributed by atoms with Crippen molar-refractivity contribution >= 4 is 30.6 Å². The van der Waals surface area contributed by atoms with Gasteiger partial charge in [0.25, 0.3) is 0 Å². The standard InChI is InChI=1S/C16H26N4.2ClH/c17-14-9-13(10-14)15-11-16(19-12-18-15)20-7-5-3-1-2-4-6-8-20;;/h11-14H,1-10,17H2;2*1H. The maximum absolute atomic E-state index is 5.89. The molecule has 22 heavy (non-hydrogen) atoms. The number of hydrogen-bond donors (Lipinski definition) is 1. The van der Waals surface area contributed by atoms with Gasteiger partial charge in [-0.2, -0.15) is 0 Å². The SMILES string of the molecule is Cl.Cl.NC1CC(c2cc(N3CCCCCCCC3)ncn2)C1. The molecule has 1 saturated heterocycles. The number of halogens is 2. The van der Waals surface area contributed by atoms with Crippen molar-refractivity contribution in [3.8, 4) is 0 Å². The van der Waals surface area contributed by atoms with Crippen LogP contribution in [0.4, 0.5) is 5.82 Å². The van der Waals surface area contributed by atoms with Gasteiger partial charge in [0.05, 0.1) is 0 Å². The number of hydrogen-bond acceptors (Lipinski definition) is 4. The van der Waals surface area contributed by atoms with Crippen molar-refractivity contribution in [1.82, 2.24) is 9.97 Å². The second-order valence-corrected chi connectivity index (χ2v) is 6.34. The van der Waals surface area contributed by atoms with Crippen LogP contribution in [-0.4, -0.2) is 29.1 Å². The number of nitrogens with two attached hydrogens (primary N) is 1. The predicted molar refractivity (Wildman–Crippen MR) is 96.4 cm³/mol. The zero-order valence-corrected chi connectivity index (χ0v) is 14.7. The lowest BCUT2D eigenvalue weighted by molar-refractivity contribution is 0.345. The lowest BCUT2D eigenvalue weighted by Crippen LogP contribution is -2.35. The van der Waals surface area contributed by atoms with Crippen LogP contribution >= 0.6 is 24.8 Å². The third-order valence-corrected chi connectivity index (χ3v) is 4.70. The van der Waals surface area contributed by atoms with Gasteiger partial charge in [-0.15, -0.1) is 24.8 Å². The molecule has 126 valence electrons. The average Bonchev–Trinajstić information content (AvgIpc) is 2.57. The van der Waals surface area contributed by atoms with E-state index in [2.05, 4.69) is 20.9 Å². The fourth-order valence-corrected chi connectivity index (χ4v) is 3.31. The van der Waals surface area contributed by atoms with E-state index in [4.69, 9.17) is 5.73 Å². The Morgan fingerprint density at radius 2 is 1.50 bits per heavy atom. The van der Waals surface area contributed by atoms with E-state index in [0.29, 0.717) is 12.0 Å². The Hall–Kier alpha value is -0.580. The van der Waals surface area contributed by atoms with E-state index in [0.717, 1.165) is 31.7 Å². The highest BCUT2D eigenvalue weighted by atomic mass is 35.5. The van der Waals surface area contributed by atoms with Crippen LogP contribution in [0.1, 0.15) is 63.0 Å². The van der Waals surface area contributed by atoms with Gasteiger partial charge in [-0.25, -0.2) is 9.97 Å². The van der Waals surface area contributed by atoms with Crippen molar-refractivity contribution in [3.63, 3.8) is 0 Å². The first-order valence-corrected chi connectivity index (χ1v) is 8.15. The Labute approximate surface area is 146 Å². The highest BCUT2D eigenvalue weighted by Gasteiger charge is 2.28. The Kier molecular flexibility index (Phi) is 8.44. The summed E-state index contributed by atoms with van der Waals surface area (Å²) in [6.45, 7) is 2.28. The average molecular weight is 347 g/mol. The third kappa shape index (κ3) is 4.97. The molecule has 0 aromatic carbocycles. The number of rotatable bonds is 2. The molecule has 2 fully saturated rings. The van der Waals surface area contributed by atoms with Crippen molar-refractivity contribution in [2.24, 2.45) is 5.73 Å². The van der Waals surface area contributed by atoms with Gasteiger partial charge in [-0.1, -0.05) is 25.7 Å². The minimum atomic E-state index is 0. The van der Waals surface area contributed by atoms with Crippen molar-refractivity contribution in [2.75, 3.05) is 18.0 Å². The molecular weight excluding hydrogens is 319 g/mol. The van der Waals surface area contributed by atoms with Crippen LogP contribution in [0.2, 0.25) is 0 Å². The zero-order chi connectivity index (χ0) is 13.8. The first-order valence-electron chi connectivity index (χ1n) is 8.15. The molecule has 0 bridgehead atoms. The van der Waals surface area contributed by atoms with Gasteiger partial charge in [0.15, 0.2) is 0 Å². The zero-order valence-electron chi connectivity index (χ0n) is 13.1. The highest BCUT2D eigenvalue weighted by Crippen LogP contribution is 2.35. The molecule has 0 amide bonds. The van der Waals surface area contributed by atoms with Crippen LogP contribution in [0.3, 0.4) is 0 Å². The lowest BCUT2D eigenvalue weighted by atomic mass is 9.78. The topological polar surface area (TPSA) is 55.0 Å². The van der Waals surface area contributed by atoms with Gasteiger partial charge in [0, 0.05) is 36.8 Å². The third-order valence-electron chi connectivity index (χ3n) is 4.70. The fraction of sp³-hybridized carbons (Fsp3) is 0.750. The summed E-state index contributed by atoms with van der Waals surface area (Å²) in [5.41, 5.74) is 7.08. The molecule has 6 heteroatoms. The Morgan fingerprint density at radius 1 is 0.909 bits per heavy atom. The summed E-state index contributed by atoms with van der Waals surface area (Å²) in [7, 11) is 0. The molecule has 3 rings (SSSR count). The molecule has 0 spiro atoms. The maximum Gasteiger partial charge on any atom is 0.132 e. The van der Waals surface area contributed by atoms with E-state index >= 15 is 0 Å². The molecule has 0 atom stereocenters. The molecule has 2 heterocycles. The largest absolute Gasteiger partial charge is 0.357 e. The summed E-state index contributed by atoms with van der Waals surface area (Å²) in [5.74, 6) is 1.68. The maximum atomic E-state index is 5.89. The van der Waals surface area contributed by atoms with Crippen LogP contribution in [0.5, 0.6) is 0 Å². The van der Waals surface area contributed by atoms with E-state index in [1.807, 2.05) is 0 Å². The number of aromatic nitrogens is 2. The minimum absolute atomic E-state index is 0. The van der Waals surface area contributed by atoms with Crippen LogP contribution in [0.25, 0.3) is 0 Å². The summed E-state index contributed by atoms with van der Waals surface area (Å²) in [6, 6.07) is 2.58. The molecule has 4 nitrogen and oxygen atoms in total. The van der Waals surface area contributed by atoms with E-state index in [9.17, 15) is 0 Å². The van der Waals surface area contributed by atoms with Gasteiger partial charge in [0.1, 0.15) is 12.1 Å². The van der Waals surface area contributed by atoms with Gasteiger partial charge >= 0.3 is 0 Å². The Bertz CT molecular complexity index is 428. The van der Waals surface area contributed by atoms with Gasteiger partial charge < -0.3 is 10.6 Å². The summed E-state index contributed by atoms with van der Waals surface area (Å²) >= 11 is 0. The Balaban J connectivity index is 0.00000121. The molecule has 2 N–H and O–H groups in total. The van der Waals surface area contributed by atoms with Gasteiger partial charge in [-0.05, 0) is 25.7 Å². The Morgan fingerprint density at radius 3 is 2.09 bits per heavy atom. The molecule has 2 aliphatic rings. The van der Waals surface area contributed by atoms with E-state index < -0.39 is 0 Å². The van der Waals surface area contributed by atoms with Gasteiger partial charge in [0.2, 0.25) is 0 Å². The second kappa shape index (κ2) is 9.53. The van der Waals surface area contributed by atoms with E-state index in [1.165, 1.54) is 44.2 Å². The molecular formula is C16H28Cl2N4. The van der Waals surface area contributed by atoms with Crippen molar-refractivity contribution in [1.29, 1.82) is 0 Å². The first-order chi connectivity index (χ1) is 9.83. The number of anilines is 1. The summed E-state index contributed by atoms with van der Waals surface area (Å²) in [6.07, 6.45) is 12.0. The quantitative estimate of drug-likeness (QED) is 0.887. The molecule has 0 unspecified atom stereocenters. The van der Waals surface area contributed by atoms with Crippen LogP contribution < -0.4 is 10.6 Å². The van der Waals surface area contributed by atoms with Gasteiger partial charge in [-0.3, -0.25) is 0 Å². The first kappa shape index (κ1) is 19.5. The summed E-state index contributed by atoms with van der Waals surface area (Å²) < 4.78 is 0. The highest BCUT2D eigenvalue weighted by molar-refractivity contribution is 5.85. The molecule has 1 saturated carbocycles. The van der Waals surface area contributed by atoms with E-state index in [1.54, 1.807) is 6.33 Å². The van der Waals surface area contributed by atoms with Crippen molar-refractivity contribution in [2.45, 2.75) is 63.3 Å². The van der Waals surface area contributed by atoms with Crippen molar-refractivity contribution < 1.29 is 0 Å². The van der Waals surface area contributed by atoms with Crippen LogP contribution in [-0.2, 0) is 0 Å². The predicted octanol–water partition coefficient (Wildman–Crippen LogP) is 3.69. The monoisotopic (exact) mass is 346 g/mol. The van der Waals surface area contributed by atoms with Crippen molar-refractivity contribution in [3.05, 3.63) is 18.1 Å². The molecule has 0 radical (unpaired) electrons. The molecule has 1 aliphatic heterocycles. The van der Waals surface area contributed by atoms with Crippen LogP contribution in [0, 0.1) is 0 Å². The minimum Gasteiger partial charge on any atom is -0.357 e. The summed E-state index contributed by atoms with van der Waals surface area (Å²) in [5, 5.41) is 0. The lowest BCUT2D eigenvalue weighted by Gasteiger charge is -2.32. The second-order valence-electron chi connectivity index (χ2n) is 6.34. The summed E-state index contributed by atoms with van der Waals surface area (Å²) in [4.78, 5) is 11.4. The normalized spacial score (nSPS) is 25.6. The van der Waals surface area contributed by atoms with E-state index in [-0.39, 0.29) is 24.8 Å². The molecule has 1 aromatic rings. The molecule has 1 aliphatic carbocycles.